The fourth-order valence-electron chi connectivity index (χ4n) is 2.96. The summed E-state index contributed by atoms with van der Waals surface area (Å²) >= 11 is 1.41. The molecule has 0 N–H and O–H groups in total. The van der Waals surface area contributed by atoms with E-state index in [1.807, 2.05) is 23.6 Å². The summed E-state index contributed by atoms with van der Waals surface area (Å²) in [7, 11) is -3.53. The number of nitrogens with zero attached hydrogens (tertiary/aromatic N) is 2. The molecule has 140 valence electrons. The SMILES string of the molecule is CC(C)(C)c1ccc(S(=O)(=O)N2CCN(C(=O)c3cccs3)CC2)cc1. The second-order valence-electron chi connectivity index (χ2n) is 7.45. The first-order valence-electron chi connectivity index (χ1n) is 8.63. The molecular weight excluding hydrogens is 368 g/mol. The topological polar surface area (TPSA) is 57.7 Å². The van der Waals surface area contributed by atoms with Crippen LogP contribution >= 0.6 is 11.3 Å². The lowest BCUT2D eigenvalue weighted by molar-refractivity contribution is 0.0703. The van der Waals surface area contributed by atoms with E-state index < -0.39 is 10.0 Å². The molecule has 1 amide bonds. The molecule has 1 aliphatic rings. The molecule has 0 bridgehead atoms. The first-order chi connectivity index (χ1) is 12.2. The van der Waals surface area contributed by atoms with E-state index in [-0.39, 0.29) is 11.3 Å². The molecule has 1 fully saturated rings. The number of sulfonamides is 1. The highest BCUT2D eigenvalue weighted by Crippen LogP contribution is 2.25. The minimum Gasteiger partial charge on any atom is -0.335 e. The number of piperazine rings is 1. The summed E-state index contributed by atoms with van der Waals surface area (Å²) in [5.74, 6) is -0.0217. The zero-order chi connectivity index (χ0) is 18.9. The summed E-state index contributed by atoms with van der Waals surface area (Å²) < 4.78 is 27.2. The quantitative estimate of drug-likeness (QED) is 0.806. The van der Waals surface area contributed by atoms with Crippen molar-refractivity contribution in [3.63, 3.8) is 0 Å². The summed E-state index contributed by atoms with van der Waals surface area (Å²) in [5, 5.41) is 1.87. The van der Waals surface area contributed by atoms with Crippen LogP contribution in [0.2, 0.25) is 0 Å². The molecule has 1 aliphatic heterocycles. The van der Waals surface area contributed by atoms with Crippen molar-refractivity contribution < 1.29 is 13.2 Å². The van der Waals surface area contributed by atoms with E-state index in [9.17, 15) is 13.2 Å². The highest BCUT2D eigenvalue weighted by Gasteiger charge is 2.30. The van der Waals surface area contributed by atoms with Crippen molar-refractivity contribution in [2.75, 3.05) is 26.2 Å². The average Bonchev–Trinajstić information content (AvgIpc) is 3.15. The van der Waals surface area contributed by atoms with Gasteiger partial charge in [-0.15, -0.1) is 11.3 Å². The molecule has 5 nitrogen and oxygen atoms in total. The lowest BCUT2D eigenvalue weighted by Crippen LogP contribution is -2.50. The zero-order valence-corrected chi connectivity index (χ0v) is 16.9. The van der Waals surface area contributed by atoms with E-state index in [1.165, 1.54) is 15.6 Å². The average molecular weight is 393 g/mol. The van der Waals surface area contributed by atoms with Crippen LogP contribution in [0.4, 0.5) is 0 Å². The summed E-state index contributed by atoms with van der Waals surface area (Å²) in [5.41, 5.74) is 1.08. The number of benzene rings is 1. The van der Waals surface area contributed by atoms with E-state index in [2.05, 4.69) is 20.8 Å². The molecule has 1 saturated heterocycles. The van der Waals surface area contributed by atoms with Crippen molar-refractivity contribution in [3.05, 3.63) is 52.2 Å². The Morgan fingerprint density at radius 3 is 2.12 bits per heavy atom. The highest BCUT2D eigenvalue weighted by molar-refractivity contribution is 7.89. The lowest BCUT2D eigenvalue weighted by Gasteiger charge is -2.33. The summed E-state index contributed by atoms with van der Waals surface area (Å²) in [6, 6.07) is 10.8. The second kappa shape index (κ2) is 7.13. The van der Waals surface area contributed by atoms with Crippen LogP contribution < -0.4 is 0 Å². The first kappa shape index (κ1) is 19.1. The van der Waals surface area contributed by atoms with Gasteiger partial charge in [-0.3, -0.25) is 4.79 Å². The maximum Gasteiger partial charge on any atom is 0.264 e. The fraction of sp³-hybridized carbons (Fsp3) is 0.421. The van der Waals surface area contributed by atoms with Gasteiger partial charge in [-0.2, -0.15) is 4.31 Å². The van der Waals surface area contributed by atoms with Crippen molar-refractivity contribution in [1.29, 1.82) is 0 Å². The molecule has 7 heteroatoms. The van der Waals surface area contributed by atoms with Crippen LogP contribution in [0, 0.1) is 0 Å². The number of carbonyl (C=O) groups excluding carboxylic acids is 1. The van der Waals surface area contributed by atoms with Gasteiger partial charge in [-0.25, -0.2) is 8.42 Å². The third kappa shape index (κ3) is 3.84. The predicted octanol–water partition coefficient (Wildman–Crippen LogP) is 3.19. The molecule has 0 atom stereocenters. The van der Waals surface area contributed by atoms with Gasteiger partial charge in [-0.1, -0.05) is 39.0 Å². The van der Waals surface area contributed by atoms with Gasteiger partial charge in [0.25, 0.3) is 5.91 Å². The van der Waals surface area contributed by atoms with Gasteiger partial charge >= 0.3 is 0 Å². The minimum atomic E-state index is -3.53. The number of hydrogen-bond acceptors (Lipinski definition) is 4. The van der Waals surface area contributed by atoms with Gasteiger partial charge in [0.05, 0.1) is 9.77 Å². The van der Waals surface area contributed by atoms with Gasteiger partial charge in [-0.05, 0) is 34.6 Å². The Balaban J connectivity index is 1.69. The fourth-order valence-corrected chi connectivity index (χ4v) is 5.08. The largest absolute Gasteiger partial charge is 0.335 e. The number of thiophene rings is 1. The van der Waals surface area contributed by atoms with Crippen molar-refractivity contribution in [2.24, 2.45) is 0 Å². The molecule has 0 aliphatic carbocycles. The molecule has 2 heterocycles. The van der Waals surface area contributed by atoms with Gasteiger partial charge in [0.1, 0.15) is 0 Å². The molecular formula is C19H24N2O3S2. The molecule has 3 rings (SSSR count). The van der Waals surface area contributed by atoms with Crippen LogP contribution in [0.3, 0.4) is 0 Å². The van der Waals surface area contributed by atoms with Crippen LogP contribution in [-0.2, 0) is 15.4 Å². The van der Waals surface area contributed by atoms with E-state index in [0.29, 0.717) is 36.0 Å². The van der Waals surface area contributed by atoms with Crippen molar-refractivity contribution >= 4 is 27.3 Å². The number of rotatable bonds is 3. The van der Waals surface area contributed by atoms with Crippen molar-refractivity contribution in [3.8, 4) is 0 Å². The first-order valence-corrected chi connectivity index (χ1v) is 10.9. The molecule has 1 aromatic heterocycles. The highest BCUT2D eigenvalue weighted by atomic mass is 32.2. The van der Waals surface area contributed by atoms with E-state index in [4.69, 9.17) is 0 Å². The van der Waals surface area contributed by atoms with Crippen LogP contribution in [0.15, 0.2) is 46.7 Å². The van der Waals surface area contributed by atoms with E-state index in [1.54, 1.807) is 23.1 Å². The molecule has 2 aromatic rings. The predicted molar refractivity (Wildman–Crippen MR) is 104 cm³/mol. The molecule has 0 unspecified atom stereocenters. The van der Waals surface area contributed by atoms with E-state index in [0.717, 1.165) is 5.56 Å². The van der Waals surface area contributed by atoms with Crippen LogP contribution in [0.5, 0.6) is 0 Å². The smallest absolute Gasteiger partial charge is 0.264 e. The van der Waals surface area contributed by atoms with Crippen molar-refractivity contribution in [1.82, 2.24) is 9.21 Å². The second-order valence-corrected chi connectivity index (χ2v) is 10.3. The van der Waals surface area contributed by atoms with Crippen molar-refractivity contribution in [2.45, 2.75) is 31.1 Å². The van der Waals surface area contributed by atoms with E-state index >= 15 is 0 Å². The molecule has 26 heavy (non-hydrogen) atoms. The monoisotopic (exact) mass is 392 g/mol. The maximum absolute atomic E-state index is 12.9. The summed E-state index contributed by atoms with van der Waals surface area (Å²) in [4.78, 5) is 15.1. The molecule has 0 radical (unpaired) electrons. The zero-order valence-electron chi connectivity index (χ0n) is 15.3. The lowest BCUT2D eigenvalue weighted by atomic mass is 9.87. The molecule has 1 aromatic carbocycles. The van der Waals surface area contributed by atoms with Crippen LogP contribution in [0.1, 0.15) is 36.0 Å². The number of carbonyl (C=O) groups is 1. The standard InChI is InChI=1S/C19H24N2O3S2/c1-19(2,3)15-6-8-16(9-7-15)26(23,24)21-12-10-20(11-13-21)18(22)17-5-4-14-25-17/h4-9,14H,10-13H2,1-3H3. The third-order valence-electron chi connectivity index (χ3n) is 4.62. The Bertz CT molecular complexity index is 859. The van der Waals surface area contributed by atoms with Gasteiger partial charge < -0.3 is 4.90 Å². The molecule has 0 spiro atoms. The Morgan fingerprint density at radius 1 is 1.00 bits per heavy atom. The normalized spacial score (nSPS) is 16.7. The Hall–Kier alpha value is -1.70. The Labute approximate surface area is 159 Å². The maximum atomic E-state index is 12.9. The number of hydrogen-bond donors (Lipinski definition) is 0. The summed E-state index contributed by atoms with van der Waals surface area (Å²) in [6.07, 6.45) is 0. The van der Waals surface area contributed by atoms with Gasteiger partial charge in [0.2, 0.25) is 10.0 Å². The van der Waals surface area contributed by atoms with Gasteiger partial charge in [0, 0.05) is 26.2 Å². The minimum absolute atomic E-state index is 0.0178. The van der Waals surface area contributed by atoms with Crippen LogP contribution in [-0.4, -0.2) is 49.7 Å². The Kier molecular flexibility index (Phi) is 5.23. The third-order valence-corrected chi connectivity index (χ3v) is 7.39. The number of amides is 1. The van der Waals surface area contributed by atoms with Crippen LogP contribution in [0.25, 0.3) is 0 Å². The summed E-state index contributed by atoms with van der Waals surface area (Å²) in [6.45, 7) is 7.76. The molecule has 0 saturated carbocycles. The Morgan fingerprint density at radius 2 is 1.62 bits per heavy atom. The van der Waals surface area contributed by atoms with Gasteiger partial charge in [0.15, 0.2) is 0 Å².